The number of rotatable bonds is 3. The molecular formula is C18H13FN4. The predicted molar refractivity (Wildman–Crippen MR) is 86.5 cm³/mol. The molecule has 0 radical (unpaired) electrons. The maximum absolute atomic E-state index is 13.3. The lowest BCUT2D eigenvalue weighted by molar-refractivity contribution is 0.628. The van der Waals surface area contributed by atoms with Crippen LogP contribution in [0.2, 0.25) is 0 Å². The van der Waals surface area contributed by atoms with Gasteiger partial charge in [-0.25, -0.2) is 14.4 Å². The van der Waals surface area contributed by atoms with Gasteiger partial charge in [0.2, 0.25) is 5.82 Å². The number of nitrogens with zero attached hydrogens (tertiary/aromatic N) is 3. The van der Waals surface area contributed by atoms with Crippen LogP contribution in [0.5, 0.6) is 0 Å². The minimum Gasteiger partial charge on any atom is -0.361 e. The number of benzene rings is 1. The van der Waals surface area contributed by atoms with Gasteiger partial charge in [0.15, 0.2) is 0 Å². The lowest BCUT2D eigenvalue weighted by Crippen LogP contribution is -1.93. The van der Waals surface area contributed by atoms with Gasteiger partial charge in [0.25, 0.3) is 0 Å². The van der Waals surface area contributed by atoms with Crippen LogP contribution in [-0.4, -0.2) is 9.97 Å². The van der Waals surface area contributed by atoms with E-state index in [1.54, 1.807) is 30.7 Å². The van der Waals surface area contributed by atoms with Gasteiger partial charge in [0.05, 0.1) is 11.6 Å². The zero-order valence-corrected chi connectivity index (χ0v) is 12.5. The first-order valence-corrected chi connectivity index (χ1v) is 6.71. The van der Waals surface area contributed by atoms with E-state index in [0.29, 0.717) is 17.1 Å². The molecule has 0 aliphatic rings. The summed E-state index contributed by atoms with van der Waals surface area (Å²) in [5.41, 5.74) is 2.09. The Morgan fingerprint density at radius 2 is 2.04 bits per heavy atom. The van der Waals surface area contributed by atoms with Gasteiger partial charge >= 0.3 is 0 Å². The molecule has 0 saturated carbocycles. The molecule has 0 unspecified atom stereocenters. The van der Waals surface area contributed by atoms with Crippen molar-refractivity contribution in [2.24, 2.45) is 0 Å². The Morgan fingerprint density at radius 1 is 1.30 bits per heavy atom. The highest BCUT2D eigenvalue weighted by Gasteiger charge is 2.00. The average molecular weight is 304 g/mol. The number of halogens is 1. The monoisotopic (exact) mass is 304 g/mol. The van der Waals surface area contributed by atoms with E-state index >= 15 is 0 Å². The maximum Gasteiger partial charge on any atom is 0.205 e. The summed E-state index contributed by atoms with van der Waals surface area (Å²) >= 11 is 0. The summed E-state index contributed by atoms with van der Waals surface area (Å²) in [6.07, 6.45) is 4.88. The van der Waals surface area contributed by atoms with Crippen molar-refractivity contribution >= 4 is 5.69 Å². The Morgan fingerprint density at radius 3 is 2.74 bits per heavy atom. The summed E-state index contributed by atoms with van der Waals surface area (Å²) in [7, 11) is 0. The van der Waals surface area contributed by atoms with Crippen molar-refractivity contribution in [2.75, 3.05) is 5.32 Å². The fourth-order valence-corrected chi connectivity index (χ4v) is 1.61. The van der Waals surface area contributed by atoms with Crippen LogP contribution in [0.15, 0.2) is 60.6 Å². The fourth-order valence-electron chi connectivity index (χ4n) is 1.61. The van der Waals surface area contributed by atoms with Gasteiger partial charge in [-0.1, -0.05) is 12.5 Å². The highest BCUT2D eigenvalue weighted by atomic mass is 19.1. The summed E-state index contributed by atoms with van der Waals surface area (Å²) in [6, 6.07) is 7.64. The molecule has 1 heterocycles. The average Bonchev–Trinajstić information content (AvgIpc) is 2.57. The van der Waals surface area contributed by atoms with Crippen molar-refractivity contribution in [3.8, 4) is 17.9 Å². The first-order chi connectivity index (χ1) is 11.1. The normalized spacial score (nSPS) is 10.2. The van der Waals surface area contributed by atoms with E-state index < -0.39 is 5.82 Å². The fraction of sp³-hybridized carbons (Fsp3) is 0.0556. The number of hydrogen-bond donors (Lipinski definition) is 1. The Hall–Kier alpha value is -3.44. The van der Waals surface area contributed by atoms with Crippen molar-refractivity contribution in [3.05, 3.63) is 77.8 Å². The molecule has 0 atom stereocenters. The molecule has 5 heteroatoms. The van der Waals surface area contributed by atoms with Crippen LogP contribution in [0.1, 0.15) is 18.3 Å². The molecule has 0 aliphatic carbocycles. The molecule has 0 fully saturated rings. The Kier molecular flexibility index (Phi) is 5.22. The van der Waals surface area contributed by atoms with Gasteiger partial charge in [-0.2, -0.15) is 5.26 Å². The van der Waals surface area contributed by atoms with Gasteiger partial charge < -0.3 is 5.32 Å². The molecule has 0 aliphatic heterocycles. The van der Waals surface area contributed by atoms with E-state index in [9.17, 15) is 4.39 Å². The lowest BCUT2D eigenvalue weighted by Gasteiger charge is -2.04. The van der Waals surface area contributed by atoms with Gasteiger partial charge in [-0.3, -0.25) is 0 Å². The van der Waals surface area contributed by atoms with Crippen LogP contribution in [0.25, 0.3) is 0 Å². The van der Waals surface area contributed by atoms with E-state index in [4.69, 9.17) is 5.26 Å². The van der Waals surface area contributed by atoms with E-state index in [0.717, 1.165) is 5.57 Å². The third-order valence-corrected chi connectivity index (χ3v) is 2.85. The third kappa shape index (κ3) is 4.80. The second-order valence-corrected chi connectivity index (χ2v) is 4.61. The highest BCUT2D eigenvalue weighted by Crippen LogP contribution is 2.15. The topological polar surface area (TPSA) is 61.6 Å². The second-order valence-electron chi connectivity index (χ2n) is 4.61. The van der Waals surface area contributed by atoms with Gasteiger partial charge in [-0.15, -0.1) is 0 Å². The van der Waals surface area contributed by atoms with Gasteiger partial charge in [0.1, 0.15) is 5.82 Å². The molecule has 2 rings (SSSR count). The van der Waals surface area contributed by atoms with Crippen LogP contribution in [0, 0.1) is 29.0 Å². The Labute approximate surface area is 134 Å². The van der Waals surface area contributed by atoms with Crippen LogP contribution in [0.3, 0.4) is 0 Å². The number of nitriles is 1. The maximum atomic E-state index is 13.3. The SMILES string of the molecule is C=C(C#Cc1ncccn1)/C(C)=C\Nc1cc(F)cc(C#N)c1. The number of allylic oxidation sites excluding steroid dienone is 2. The van der Waals surface area contributed by atoms with Crippen molar-refractivity contribution in [1.29, 1.82) is 5.26 Å². The summed E-state index contributed by atoms with van der Waals surface area (Å²) < 4.78 is 13.3. The molecule has 1 N–H and O–H groups in total. The quantitative estimate of drug-likeness (QED) is 0.697. The number of hydrogen-bond acceptors (Lipinski definition) is 4. The zero-order valence-electron chi connectivity index (χ0n) is 12.5. The minimum atomic E-state index is -0.475. The molecule has 1 aromatic carbocycles. The minimum absolute atomic E-state index is 0.249. The predicted octanol–water partition coefficient (Wildman–Crippen LogP) is 3.41. The third-order valence-electron chi connectivity index (χ3n) is 2.85. The summed E-state index contributed by atoms with van der Waals surface area (Å²) in [6.45, 7) is 5.69. The molecular weight excluding hydrogens is 291 g/mol. The van der Waals surface area contributed by atoms with Gasteiger partial charge in [0, 0.05) is 29.9 Å². The van der Waals surface area contributed by atoms with Crippen LogP contribution >= 0.6 is 0 Å². The summed E-state index contributed by atoms with van der Waals surface area (Å²) in [4.78, 5) is 8.00. The van der Waals surface area contributed by atoms with Crippen molar-refractivity contribution < 1.29 is 4.39 Å². The number of aromatic nitrogens is 2. The molecule has 2 aromatic rings. The number of nitrogens with one attached hydrogen (secondary N) is 1. The van der Waals surface area contributed by atoms with Crippen LogP contribution < -0.4 is 5.32 Å². The van der Waals surface area contributed by atoms with E-state index in [-0.39, 0.29) is 5.56 Å². The molecule has 0 spiro atoms. The van der Waals surface area contributed by atoms with Gasteiger partial charge in [-0.05, 0) is 42.7 Å². The van der Waals surface area contributed by atoms with E-state index in [1.807, 2.05) is 13.0 Å². The van der Waals surface area contributed by atoms with Crippen molar-refractivity contribution in [2.45, 2.75) is 6.92 Å². The first-order valence-electron chi connectivity index (χ1n) is 6.71. The summed E-state index contributed by atoms with van der Waals surface area (Å²) in [5, 5.41) is 11.8. The molecule has 4 nitrogen and oxygen atoms in total. The highest BCUT2D eigenvalue weighted by molar-refractivity contribution is 5.53. The van der Waals surface area contributed by atoms with E-state index in [2.05, 4.69) is 33.7 Å². The zero-order chi connectivity index (χ0) is 16.7. The number of anilines is 1. The first kappa shape index (κ1) is 15.9. The van der Waals surface area contributed by atoms with Crippen molar-refractivity contribution in [3.63, 3.8) is 0 Å². The smallest absolute Gasteiger partial charge is 0.205 e. The van der Waals surface area contributed by atoms with Crippen molar-refractivity contribution in [1.82, 2.24) is 9.97 Å². The second kappa shape index (κ2) is 7.53. The Balaban J connectivity index is 2.08. The molecule has 112 valence electrons. The van der Waals surface area contributed by atoms with Crippen LogP contribution in [0.4, 0.5) is 10.1 Å². The lowest BCUT2D eigenvalue weighted by atomic mass is 10.1. The Bertz CT molecular complexity index is 852. The molecule has 0 bridgehead atoms. The standard InChI is InChI=1S/C18H13FN4/c1-13(4-5-18-21-6-3-7-22-18)14(2)12-23-17-9-15(11-20)8-16(19)10-17/h3,6-10,12,23H,1H2,2H3/b14-12-. The van der Waals surface area contributed by atoms with Crippen LogP contribution in [-0.2, 0) is 0 Å². The molecule has 0 amide bonds. The molecule has 1 aromatic heterocycles. The molecule has 23 heavy (non-hydrogen) atoms. The summed E-state index contributed by atoms with van der Waals surface area (Å²) in [5.74, 6) is 5.61. The van der Waals surface area contributed by atoms with E-state index in [1.165, 1.54) is 12.1 Å². The largest absolute Gasteiger partial charge is 0.361 e. The molecule has 0 saturated heterocycles.